The van der Waals surface area contributed by atoms with Gasteiger partial charge >= 0.3 is 12.1 Å². The van der Waals surface area contributed by atoms with E-state index >= 15 is 0 Å². The van der Waals surface area contributed by atoms with Gasteiger partial charge in [0.15, 0.2) is 5.03 Å². The van der Waals surface area contributed by atoms with Crippen LogP contribution in [0, 0.1) is 11.7 Å². The molecule has 0 amide bonds. The van der Waals surface area contributed by atoms with Crippen LogP contribution in [0.4, 0.5) is 13.2 Å². The molecule has 6 nitrogen and oxygen atoms in total. The maximum absolute atomic E-state index is 12.7. The van der Waals surface area contributed by atoms with Crippen LogP contribution in [0.15, 0.2) is 40.3 Å². The highest BCUT2D eigenvalue weighted by molar-refractivity contribution is 7.92. The van der Waals surface area contributed by atoms with Gasteiger partial charge in [-0.15, -0.1) is 5.10 Å². The van der Waals surface area contributed by atoms with Crippen LogP contribution in [-0.4, -0.2) is 25.5 Å². The number of nitrogens with one attached hydrogen (secondary N) is 1. The minimum absolute atomic E-state index is 0.213. The number of nitrogens with zero attached hydrogens (tertiary/aromatic N) is 2. The van der Waals surface area contributed by atoms with Crippen LogP contribution in [0.25, 0.3) is 0 Å². The molecule has 2 rings (SSSR count). The minimum atomic E-state index is -4.68. The second kappa shape index (κ2) is 5.61. The molecule has 1 aromatic carbocycles. The van der Waals surface area contributed by atoms with Crippen molar-refractivity contribution >= 4 is 15.7 Å². The first-order chi connectivity index (χ1) is 10.5. The number of hydrogen-bond acceptors (Lipinski definition) is 5. The molecule has 0 saturated heterocycles. The van der Waals surface area contributed by atoms with Crippen LogP contribution in [0.2, 0.25) is 0 Å². The summed E-state index contributed by atoms with van der Waals surface area (Å²) in [6.45, 7) is 1.44. The van der Waals surface area contributed by atoms with Crippen molar-refractivity contribution in [1.82, 2.24) is 10.2 Å². The lowest BCUT2D eigenvalue weighted by atomic mass is 10.2. The molecular weight excluding hydrogens is 335 g/mol. The molecule has 0 radical (unpaired) electrons. The van der Waals surface area contributed by atoms with Crippen molar-refractivity contribution in [3.8, 4) is 0 Å². The van der Waals surface area contributed by atoms with Crippen molar-refractivity contribution in [3.05, 3.63) is 47.2 Å². The highest BCUT2D eigenvalue weighted by atomic mass is 32.2. The lowest BCUT2D eigenvalue weighted by Crippen LogP contribution is -2.14. The number of carboxylic acid groups (broad SMARTS) is 1. The average Bonchev–Trinajstić information content (AvgIpc) is 2.46. The van der Waals surface area contributed by atoms with E-state index in [0.717, 1.165) is 24.3 Å². The van der Waals surface area contributed by atoms with E-state index < -0.39 is 42.9 Å². The molecule has 0 spiro atoms. The van der Waals surface area contributed by atoms with Gasteiger partial charge < -0.3 is 5.11 Å². The summed E-state index contributed by atoms with van der Waals surface area (Å²) < 4.78 is 58.8. The van der Waals surface area contributed by atoms with Crippen molar-refractivity contribution in [1.29, 1.82) is 4.78 Å². The topological polar surface area (TPSA) is 104 Å². The van der Waals surface area contributed by atoms with Gasteiger partial charge in [-0.2, -0.15) is 18.3 Å². The number of aromatic nitrogens is 2. The summed E-state index contributed by atoms with van der Waals surface area (Å²) in [7, 11) is -4.07. The predicted octanol–water partition coefficient (Wildman–Crippen LogP) is 2.97. The van der Waals surface area contributed by atoms with E-state index in [1.54, 1.807) is 0 Å². The molecule has 1 heterocycles. The molecule has 0 aliphatic heterocycles. The Kier molecular flexibility index (Phi) is 4.12. The molecular formula is C13H10F3N3O3S. The van der Waals surface area contributed by atoms with E-state index in [-0.39, 0.29) is 5.69 Å². The highest BCUT2D eigenvalue weighted by Crippen LogP contribution is 2.32. The Labute approximate surface area is 129 Å². The van der Waals surface area contributed by atoms with Crippen LogP contribution >= 0.6 is 0 Å². The Morgan fingerprint density at radius 3 is 2.48 bits per heavy atom. The highest BCUT2D eigenvalue weighted by Gasteiger charge is 2.32. The first-order valence-electron chi connectivity index (χ1n) is 6.07. The van der Waals surface area contributed by atoms with E-state index in [9.17, 15) is 22.2 Å². The van der Waals surface area contributed by atoms with Crippen molar-refractivity contribution in [3.63, 3.8) is 0 Å². The number of halogens is 3. The number of aromatic carboxylic acids is 1. The maximum Gasteiger partial charge on any atom is 0.416 e. The van der Waals surface area contributed by atoms with Crippen molar-refractivity contribution in [2.24, 2.45) is 0 Å². The van der Waals surface area contributed by atoms with Gasteiger partial charge in [-0.1, -0.05) is 6.07 Å². The molecule has 1 unspecified atom stereocenters. The first kappa shape index (κ1) is 16.9. The van der Waals surface area contributed by atoms with Crippen LogP contribution in [0.3, 0.4) is 0 Å². The third-order valence-electron chi connectivity index (χ3n) is 2.88. The van der Waals surface area contributed by atoms with E-state index in [1.807, 2.05) is 0 Å². The third-order valence-corrected chi connectivity index (χ3v) is 4.64. The second-order valence-corrected chi connectivity index (χ2v) is 6.56. The Morgan fingerprint density at radius 1 is 1.26 bits per heavy atom. The summed E-state index contributed by atoms with van der Waals surface area (Å²) in [5, 5.41) is 15.5. The predicted molar refractivity (Wildman–Crippen MR) is 72.6 cm³/mol. The van der Waals surface area contributed by atoms with Crippen LogP contribution in [-0.2, 0) is 15.9 Å². The van der Waals surface area contributed by atoms with Crippen molar-refractivity contribution in [2.45, 2.75) is 23.0 Å². The van der Waals surface area contributed by atoms with E-state index in [0.29, 0.717) is 6.07 Å². The molecule has 0 saturated carbocycles. The second-order valence-electron chi connectivity index (χ2n) is 4.59. The lowest BCUT2D eigenvalue weighted by Gasteiger charge is -2.12. The fourth-order valence-electron chi connectivity index (χ4n) is 1.81. The van der Waals surface area contributed by atoms with Gasteiger partial charge in [0.2, 0.25) is 0 Å². The zero-order valence-corrected chi connectivity index (χ0v) is 12.4. The fraction of sp³-hybridized carbons (Fsp3) is 0.154. The number of alkyl halides is 3. The number of carboxylic acids is 1. The maximum atomic E-state index is 12.7. The van der Waals surface area contributed by atoms with E-state index in [4.69, 9.17) is 9.89 Å². The summed E-state index contributed by atoms with van der Waals surface area (Å²) >= 11 is 0. The van der Waals surface area contributed by atoms with Crippen LogP contribution in [0.1, 0.15) is 21.6 Å². The summed E-state index contributed by atoms with van der Waals surface area (Å²) in [5.74, 6) is -1.50. The van der Waals surface area contributed by atoms with Gasteiger partial charge in [0, 0.05) is 0 Å². The summed E-state index contributed by atoms with van der Waals surface area (Å²) in [6.07, 6.45) is -4.68. The molecule has 0 aliphatic rings. The Balaban J connectivity index is 2.67. The molecule has 1 aromatic heterocycles. The number of aryl methyl sites for hydroxylation is 1. The Hall–Kier alpha value is -2.49. The van der Waals surface area contributed by atoms with Gasteiger partial charge in [0.05, 0.1) is 21.7 Å². The van der Waals surface area contributed by atoms with E-state index in [2.05, 4.69) is 10.2 Å². The van der Waals surface area contributed by atoms with Crippen LogP contribution < -0.4 is 0 Å². The minimum Gasteiger partial charge on any atom is -0.478 e. The van der Waals surface area contributed by atoms with Crippen molar-refractivity contribution < 1.29 is 27.3 Å². The Bertz CT molecular complexity index is 880. The quantitative estimate of drug-likeness (QED) is 0.890. The van der Waals surface area contributed by atoms with Crippen molar-refractivity contribution in [2.75, 3.05) is 0 Å². The number of rotatable bonds is 3. The summed E-state index contributed by atoms with van der Waals surface area (Å²) in [5.41, 5.74) is -1.41. The number of benzene rings is 1. The van der Waals surface area contributed by atoms with Gasteiger partial charge in [-0.05, 0) is 31.2 Å². The van der Waals surface area contributed by atoms with Gasteiger partial charge in [-0.25, -0.2) is 13.8 Å². The first-order valence-corrected chi connectivity index (χ1v) is 7.63. The zero-order chi connectivity index (χ0) is 17.4. The molecule has 2 N–H and O–H groups in total. The van der Waals surface area contributed by atoms with E-state index in [1.165, 1.54) is 6.92 Å². The molecule has 0 bridgehead atoms. The third kappa shape index (κ3) is 3.31. The SMILES string of the molecule is Cc1cc(C(=O)O)c(S(=N)(=O)c2cccc(C(F)(F)F)c2)nn1. The molecule has 122 valence electrons. The van der Waals surface area contributed by atoms with Gasteiger partial charge in [0.1, 0.15) is 9.73 Å². The van der Waals surface area contributed by atoms with Gasteiger partial charge in [-0.3, -0.25) is 0 Å². The standard InChI is InChI=1S/C13H10F3N3O3S/c1-7-5-10(12(20)21)11(19-18-7)23(17,22)9-4-2-3-8(6-9)13(14,15)16/h2-6,17H,1H3,(H,20,21). The average molecular weight is 345 g/mol. The molecule has 0 fully saturated rings. The molecule has 0 aliphatic carbocycles. The lowest BCUT2D eigenvalue weighted by molar-refractivity contribution is -0.137. The molecule has 1 atom stereocenters. The largest absolute Gasteiger partial charge is 0.478 e. The molecule has 2 aromatic rings. The summed E-state index contributed by atoms with van der Waals surface area (Å²) in [4.78, 5) is 10.7. The zero-order valence-electron chi connectivity index (χ0n) is 11.6. The molecule has 10 heteroatoms. The monoisotopic (exact) mass is 345 g/mol. The number of carbonyl (C=O) groups is 1. The number of hydrogen-bond donors (Lipinski definition) is 2. The smallest absolute Gasteiger partial charge is 0.416 e. The summed E-state index contributed by atoms with van der Waals surface area (Å²) in [6, 6.07) is 4.42. The van der Waals surface area contributed by atoms with Crippen LogP contribution in [0.5, 0.6) is 0 Å². The normalized spacial score (nSPS) is 14.3. The molecule has 23 heavy (non-hydrogen) atoms. The van der Waals surface area contributed by atoms with Gasteiger partial charge in [0.25, 0.3) is 0 Å². The fourth-order valence-corrected chi connectivity index (χ4v) is 3.20. The Morgan fingerprint density at radius 2 is 1.91 bits per heavy atom.